The second-order valence-electron chi connectivity index (χ2n) is 6.79. The molecule has 1 heterocycles. The van der Waals surface area contributed by atoms with Crippen LogP contribution in [0.2, 0.25) is 0 Å². The lowest BCUT2D eigenvalue weighted by molar-refractivity contribution is 0.109. The number of aliphatic hydroxyl groups excluding tert-OH is 1. The van der Waals surface area contributed by atoms with E-state index in [4.69, 9.17) is 0 Å². The van der Waals surface area contributed by atoms with Gasteiger partial charge in [-0.1, -0.05) is 12.8 Å². The van der Waals surface area contributed by atoms with Gasteiger partial charge in [0.2, 0.25) is 0 Å². The van der Waals surface area contributed by atoms with Gasteiger partial charge in [0.05, 0.1) is 6.10 Å². The Balaban J connectivity index is 1.97. The summed E-state index contributed by atoms with van der Waals surface area (Å²) in [5.74, 6) is 0. The molecule has 3 nitrogen and oxygen atoms in total. The fourth-order valence-electron chi connectivity index (χ4n) is 3.34. The summed E-state index contributed by atoms with van der Waals surface area (Å²) in [6.07, 6.45) is 6.14. The molecule has 0 aromatic rings. The highest BCUT2D eigenvalue weighted by Gasteiger charge is 2.35. The third-order valence-corrected chi connectivity index (χ3v) is 4.01. The summed E-state index contributed by atoms with van der Waals surface area (Å²) in [5, 5.41) is 13.5. The van der Waals surface area contributed by atoms with Gasteiger partial charge in [-0.25, -0.2) is 0 Å². The third-order valence-electron chi connectivity index (χ3n) is 4.01. The van der Waals surface area contributed by atoms with Crippen LogP contribution in [0.25, 0.3) is 0 Å². The molecule has 2 aliphatic rings. The molecule has 3 atom stereocenters. The third kappa shape index (κ3) is 3.67. The summed E-state index contributed by atoms with van der Waals surface area (Å²) in [4.78, 5) is 2.51. The molecule has 100 valence electrons. The summed E-state index contributed by atoms with van der Waals surface area (Å²) in [6, 6.07) is 1.24. The second-order valence-corrected chi connectivity index (χ2v) is 6.79. The first-order chi connectivity index (χ1) is 7.96. The van der Waals surface area contributed by atoms with E-state index in [0.717, 1.165) is 19.5 Å². The number of β-amino-alcohol motifs (C(OH)–C–C–N with tert-alkyl or cyclic N) is 1. The molecule has 0 aromatic heterocycles. The van der Waals surface area contributed by atoms with Crippen molar-refractivity contribution in [2.75, 3.05) is 13.1 Å². The van der Waals surface area contributed by atoms with Crippen LogP contribution in [0, 0.1) is 0 Å². The summed E-state index contributed by atoms with van der Waals surface area (Å²) < 4.78 is 0. The molecule has 2 fully saturated rings. The Labute approximate surface area is 106 Å². The van der Waals surface area contributed by atoms with E-state index in [1.165, 1.54) is 25.7 Å². The molecule has 1 unspecified atom stereocenters. The Bertz CT molecular complexity index is 249. The lowest BCUT2D eigenvalue weighted by atomic mass is 9.87. The van der Waals surface area contributed by atoms with E-state index in [2.05, 4.69) is 31.0 Å². The summed E-state index contributed by atoms with van der Waals surface area (Å²) in [7, 11) is 0. The Morgan fingerprint density at radius 1 is 1.12 bits per heavy atom. The zero-order chi connectivity index (χ0) is 12.5. The van der Waals surface area contributed by atoms with Gasteiger partial charge in [0.15, 0.2) is 0 Å². The summed E-state index contributed by atoms with van der Waals surface area (Å²) in [5.41, 5.74) is 0.193. The topological polar surface area (TPSA) is 35.5 Å². The standard InChI is InChI=1S/C14H28N2O/c1-14(2,3)15-12-6-4-5-7-13(12)16-9-8-11(17)10-16/h11-13,15,17H,4-10H2,1-3H3/t11?,12-,13-/m0/s1. The maximum atomic E-state index is 9.69. The first kappa shape index (κ1) is 13.3. The lowest BCUT2D eigenvalue weighted by Crippen LogP contribution is -2.56. The maximum absolute atomic E-state index is 9.69. The molecule has 2 N–H and O–H groups in total. The number of rotatable bonds is 2. The molecule has 1 aliphatic carbocycles. The average molecular weight is 240 g/mol. The molecule has 1 saturated carbocycles. The van der Waals surface area contributed by atoms with Crippen molar-refractivity contribution >= 4 is 0 Å². The van der Waals surface area contributed by atoms with Crippen molar-refractivity contribution in [1.82, 2.24) is 10.2 Å². The number of hydrogen-bond acceptors (Lipinski definition) is 3. The van der Waals surface area contributed by atoms with Gasteiger partial charge in [0.25, 0.3) is 0 Å². The molecule has 0 aromatic carbocycles. The van der Waals surface area contributed by atoms with E-state index in [1.807, 2.05) is 0 Å². The van der Waals surface area contributed by atoms with Crippen LogP contribution in [-0.2, 0) is 0 Å². The first-order valence-electron chi connectivity index (χ1n) is 7.15. The Kier molecular flexibility index (Phi) is 4.11. The van der Waals surface area contributed by atoms with Gasteiger partial charge in [0, 0.05) is 30.7 Å². The summed E-state index contributed by atoms with van der Waals surface area (Å²) >= 11 is 0. The van der Waals surface area contributed by atoms with Crippen molar-refractivity contribution in [1.29, 1.82) is 0 Å². The van der Waals surface area contributed by atoms with Crippen molar-refractivity contribution in [3.8, 4) is 0 Å². The highest BCUT2D eigenvalue weighted by molar-refractivity contribution is 4.94. The summed E-state index contributed by atoms with van der Waals surface area (Å²) in [6.45, 7) is 8.70. The maximum Gasteiger partial charge on any atom is 0.0679 e. The van der Waals surface area contributed by atoms with Crippen LogP contribution in [0.1, 0.15) is 52.9 Å². The predicted octanol–water partition coefficient (Wildman–Crippen LogP) is 1.75. The fourth-order valence-corrected chi connectivity index (χ4v) is 3.34. The first-order valence-corrected chi connectivity index (χ1v) is 7.15. The minimum absolute atomic E-state index is 0.0905. The van der Waals surface area contributed by atoms with Gasteiger partial charge in [-0.2, -0.15) is 0 Å². The normalized spacial score (nSPS) is 36.4. The zero-order valence-corrected chi connectivity index (χ0v) is 11.6. The molecular formula is C14H28N2O. The van der Waals surface area contributed by atoms with Crippen molar-refractivity contribution < 1.29 is 5.11 Å². The minimum Gasteiger partial charge on any atom is -0.392 e. The van der Waals surface area contributed by atoms with Crippen LogP contribution >= 0.6 is 0 Å². The Morgan fingerprint density at radius 3 is 2.41 bits per heavy atom. The van der Waals surface area contributed by atoms with E-state index in [-0.39, 0.29) is 11.6 Å². The molecule has 0 spiro atoms. The quantitative estimate of drug-likeness (QED) is 0.772. The predicted molar refractivity (Wildman–Crippen MR) is 71.1 cm³/mol. The van der Waals surface area contributed by atoms with E-state index < -0.39 is 0 Å². The van der Waals surface area contributed by atoms with Gasteiger partial charge < -0.3 is 10.4 Å². The fraction of sp³-hybridized carbons (Fsp3) is 1.00. The van der Waals surface area contributed by atoms with E-state index in [1.54, 1.807) is 0 Å². The van der Waals surface area contributed by atoms with Crippen molar-refractivity contribution in [3.05, 3.63) is 0 Å². The molecular weight excluding hydrogens is 212 g/mol. The van der Waals surface area contributed by atoms with Crippen LogP contribution in [-0.4, -0.2) is 46.8 Å². The minimum atomic E-state index is -0.0905. The van der Waals surface area contributed by atoms with Crippen molar-refractivity contribution in [2.24, 2.45) is 0 Å². The van der Waals surface area contributed by atoms with Gasteiger partial charge in [-0.05, 0) is 40.0 Å². The van der Waals surface area contributed by atoms with E-state index in [0.29, 0.717) is 12.1 Å². The van der Waals surface area contributed by atoms with Crippen molar-refractivity contribution in [2.45, 2.75) is 76.6 Å². The molecule has 0 radical (unpaired) electrons. The molecule has 2 rings (SSSR count). The van der Waals surface area contributed by atoms with E-state index in [9.17, 15) is 5.11 Å². The number of aliphatic hydroxyl groups is 1. The molecule has 1 aliphatic heterocycles. The van der Waals surface area contributed by atoms with Crippen LogP contribution < -0.4 is 5.32 Å². The van der Waals surface area contributed by atoms with E-state index >= 15 is 0 Å². The highest BCUT2D eigenvalue weighted by atomic mass is 16.3. The average Bonchev–Trinajstić information content (AvgIpc) is 2.63. The molecule has 3 heteroatoms. The number of nitrogens with zero attached hydrogens (tertiary/aromatic N) is 1. The molecule has 1 saturated heterocycles. The van der Waals surface area contributed by atoms with Crippen LogP contribution in [0.15, 0.2) is 0 Å². The van der Waals surface area contributed by atoms with Crippen LogP contribution in [0.3, 0.4) is 0 Å². The SMILES string of the molecule is CC(C)(C)N[C@H]1CCCC[C@@H]1N1CCC(O)C1. The van der Waals surface area contributed by atoms with Crippen molar-refractivity contribution in [3.63, 3.8) is 0 Å². The monoisotopic (exact) mass is 240 g/mol. The van der Waals surface area contributed by atoms with Crippen LogP contribution in [0.5, 0.6) is 0 Å². The molecule has 17 heavy (non-hydrogen) atoms. The number of nitrogens with one attached hydrogen (secondary N) is 1. The van der Waals surface area contributed by atoms with Gasteiger partial charge >= 0.3 is 0 Å². The Morgan fingerprint density at radius 2 is 1.82 bits per heavy atom. The van der Waals surface area contributed by atoms with Gasteiger partial charge in [-0.15, -0.1) is 0 Å². The second kappa shape index (κ2) is 5.25. The van der Waals surface area contributed by atoms with Crippen LogP contribution in [0.4, 0.5) is 0 Å². The van der Waals surface area contributed by atoms with Gasteiger partial charge in [0.1, 0.15) is 0 Å². The molecule has 0 amide bonds. The smallest absolute Gasteiger partial charge is 0.0679 e. The van der Waals surface area contributed by atoms with Gasteiger partial charge in [-0.3, -0.25) is 4.90 Å². The highest BCUT2D eigenvalue weighted by Crippen LogP contribution is 2.27. The Hall–Kier alpha value is -0.120. The largest absolute Gasteiger partial charge is 0.392 e. The zero-order valence-electron chi connectivity index (χ0n) is 11.6. The molecule has 0 bridgehead atoms. The number of likely N-dealkylation sites (tertiary alicyclic amines) is 1. The number of hydrogen-bond donors (Lipinski definition) is 2. The lowest BCUT2D eigenvalue weighted by Gasteiger charge is -2.41.